The van der Waals surface area contributed by atoms with E-state index >= 15 is 0 Å². The predicted octanol–water partition coefficient (Wildman–Crippen LogP) is 0.400. The Hall–Kier alpha value is 0.01000. The molecule has 58 valence electrons. The fourth-order valence-corrected chi connectivity index (χ4v) is 2.29. The van der Waals surface area contributed by atoms with Crippen LogP contribution in [0.5, 0.6) is 0 Å². The van der Waals surface area contributed by atoms with E-state index in [1.54, 1.807) is 11.8 Å². The standard InChI is InChI=1S/C7H12O2S/c1-4-5(2)10-6(3-8)7(4)9/h5-9H,1,3H2,2H3/t5-,6+,7-/m0/s1. The van der Waals surface area contributed by atoms with E-state index < -0.39 is 6.10 Å². The van der Waals surface area contributed by atoms with Gasteiger partial charge in [0.15, 0.2) is 0 Å². The summed E-state index contributed by atoms with van der Waals surface area (Å²) in [5.74, 6) is 0. The number of thioether (sulfide) groups is 1. The van der Waals surface area contributed by atoms with Gasteiger partial charge in [0.25, 0.3) is 0 Å². The maximum Gasteiger partial charge on any atom is 0.0899 e. The molecule has 1 aliphatic heterocycles. The molecule has 0 unspecified atom stereocenters. The van der Waals surface area contributed by atoms with E-state index in [0.29, 0.717) is 0 Å². The zero-order chi connectivity index (χ0) is 7.72. The van der Waals surface area contributed by atoms with Crippen molar-refractivity contribution < 1.29 is 10.2 Å². The van der Waals surface area contributed by atoms with E-state index in [0.717, 1.165) is 5.57 Å². The Morgan fingerprint density at radius 1 is 1.70 bits per heavy atom. The minimum Gasteiger partial charge on any atom is -0.395 e. The van der Waals surface area contributed by atoms with Crippen molar-refractivity contribution in [3.63, 3.8) is 0 Å². The normalized spacial score (nSPS) is 40.7. The molecule has 2 nitrogen and oxygen atoms in total. The van der Waals surface area contributed by atoms with Gasteiger partial charge in [-0.25, -0.2) is 0 Å². The van der Waals surface area contributed by atoms with Gasteiger partial charge in [-0.2, -0.15) is 0 Å². The third kappa shape index (κ3) is 1.21. The molecule has 3 heteroatoms. The summed E-state index contributed by atoms with van der Waals surface area (Å²) in [5.41, 5.74) is 0.837. The smallest absolute Gasteiger partial charge is 0.0899 e. The van der Waals surface area contributed by atoms with Crippen LogP contribution in [0.15, 0.2) is 12.2 Å². The molecule has 0 bridgehead atoms. The lowest BCUT2D eigenvalue weighted by Crippen LogP contribution is -2.21. The molecule has 0 amide bonds. The van der Waals surface area contributed by atoms with Crippen LogP contribution in [-0.2, 0) is 0 Å². The van der Waals surface area contributed by atoms with E-state index in [4.69, 9.17) is 5.11 Å². The maximum absolute atomic E-state index is 9.35. The number of rotatable bonds is 1. The first-order valence-electron chi connectivity index (χ1n) is 3.30. The van der Waals surface area contributed by atoms with Crippen LogP contribution in [-0.4, -0.2) is 33.4 Å². The number of hydrogen-bond acceptors (Lipinski definition) is 3. The molecule has 0 aromatic heterocycles. The largest absolute Gasteiger partial charge is 0.395 e. The molecule has 1 fully saturated rings. The molecular weight excluding hydrogens is 148 g/mol. The summed E-state index contributed by atoms with van der Waals surface area (Å²) in [7, 11) is 0. The Bertz CT molecular complexity index is 147. The number of aliphatic hydroxyl groups is 2. The second-order valence-corrected chi connectivity index (χ2v) is 4.10. The van der Waals surface area contributed by atoms with E-state index in [9.17, 15) is 5.11 Å². The van der Waals surface area contributed by atoms with Crippen LogP contribution in [0.4, 0.5) is 0 Å². The van der Waals surface area contributed by atoms with Crippen molar-refractivity contribution in [1.29, 1.82) is 0 Å². The lowest BCUT2D eigenvalue weighted by molar-refractivity contribution is 0.173. The van der Waals surface area contributed by atoms with Gasteiger partial charge in [-0.3, -0.25) is 0 Å². The summed E-state index contributed by atoms with van der Waals surface area (Å²) in [4.78, 5) is 0. The molecular formula is C7H12O2S. The summed E-state index contributed by atoms with van der Waals surface area (Å²) in [6, 6.07) is 0. The lowest BCUT2D eigenvalue weighted by atomic mass is 10.1. The average Bonchev–Trinajstić information content (AvgIpc) is 2.17. The lowest BCUT2D eigenvalue weighted by Gasteiger charge is -2.08. The number of hydrogen-bond donors (Lipinski definition) is 2. The highest BCUT2D eigenvalue weighted by atomic mass is 32.2. The molecule has 2 N–H and O–H groups in total. The molecule has 0 radical (unpaired) electrons. The maximum atomic E-state index is 9.35. The molecule has 0 aromatic rings. The second kappa shape index (κ2) is 2.95. The van der Waals surface area contributed by atoms with Gasteiger partial charge < -0.3 is 10.2 Å². The van der Waals surface area contributed by atoms with Crippen molar-refractivity contribution in [3.05, 3.63) is 12.2 Å². The Kier molecular flexibility index (Phi) is 2.39. The van der Waals surface area contributed by atoms with Gasteiger partial charge in [-0.15, -0.1) is 11.8 Å². The van der Waals surface area contributed by atoms with Crippen LogP contribution in [0.25, 0.3) is 0 Å². The molecule has 1 saturated heterocycles. The molecule has 1 heterocycles. The van der Waals surface area contributed by atoms with Crippen LogP contribution in [0.1, 0.15) is 6.92 Å². The molecule has 0 aromatic carbocycles. The monoisotopic (exact) mass is 160 g/mol. The molecule has 3 atom stereocenters. The zero-order valence-electron chi connectivity index (χ0n) is 5.95. The quantitative estimate of drug-likeness (QED) is 0.545. The Balaban J connectivity index is 2.61. The molecule has 0 saturated carbocycles. The fourth-order valence-electron chi connectivity index (χ4n) is 1.05. The van der Waals surface area contributed by atoms with Gasteiger partial charge in [0, 0.05) is 5.25 Å². The zero-order valence-corrected chi connectivity index (χ0v) is 6.77. The first kappa shape index (κ1) is 8.11. The second-order valence-electron chi connectivity index (χ2n) is 2.52. The SMILES string of the molecule is C=C1[C@H](C)S[C@H](CO)[C@H]1O. The third-order valence-corrected chi connectivity index (χ3v) is 3.28. The summed E-state index contributed by atoms with van der Waals surface area (Å²) in [6.07, 6.45) is -0.509. The van der Waals surface area contributed by atoms with Crippen molar-refractivity contribution in [1.82, 2.24) is 0 Å². The van der Waals surface area contributed by atoms with Crippen molar-refractivity contribution in [2.75, 3.05) is 6.61 Å². The van der Waals surface area contributed by atoms with Crippen LogP contribution in [0.3, 0.4) is 0 Å². The summed E-state index contributed by atoms with van der Waals surface area (Å²) < 4.78 is 0. The molecule has 10 heavy (non-hydrogen) atoms. The van der Waals surface area contributed by atoms with E-state index in [-0.39, 0.29) is 17.1 Å². The van der Waals surface area contributed by atoms with Crippen molar-refractivity contribution >= 4 is 11.8 Å². The first-order valence-corrected chi connectivity index (χ1v) is 4.24. The third-order valence-electron chi connectivity index (χ3n) is 1.81. The first-order chi connectivity index (χ1) is 4.66. The fraction of sp³-hybridized carbons (Fsp3) is 0.714. The highest BCUT2D eigenvalue weighted by Gasteiger charge is 2.33. The molecule has 1 rings (SSSR count). The highest BCUT2D eigenvalue weighted by Crippen LogP contribution is 2.36. The minimum absolute atomic E-state index is 0.0369. The molecule has 1 aliphatic rings. The summed E-state index contributed by atoms with van der Waals surface area (Å²) in [6.45, 7) is 5.76. The number of aliphatic hydroxyl groups excluding tert-OH is 2. The Morgan fingerprint density at radius 3 is 2.50 bits per heavy atom. The minimum atomic E-state index is -0.509. The van der Waals surface area contributed by atoms with Crippen LogP contribution >= 0.6 is 11.8 Å². The van der Waals surface area contributed by atoms with Gasteiger partial charge >= 0.3 is 0 Å². The van der Waals surface area contributed by atoms with E-state index in [1.165, 1.54) is 0 Å². The van der Waals surface area contributed by atoms with Crippen molar-refractivity contribution in [3.8, 4) is 0 Å². The van der Waals surface area contributed by atoms with Gasteiger partial charge in [0.05, 0.1) is 18.0 Å². The molecule has 0 aliphatic carbocycles. The predicted molar refractivity (Wildman–Crippen MR) is 43.1 cm³/mol. The average molecular weight is 160 g/mol. The van der Waals surface area contributed by atoms with Gasteiger partial charge in [-0.05, 0) is 12.5 Å². The Labute approximate surface area is 64.9 Å². The van der Waals surface area contributed by atoms with Crippen molar-refractivity contribution in [2.45, 2.75) is 23.5 Å². The van der Waals surface area contributed by atoms with Gasteiger partial charge in [0.2, 0.25) is 0 Å². The summed E-state index contributed by atoms with van der Waals surface area (Å²) >= 11 is 1.58. The van der Waals surface area contributed by atoms with E-state index in [1.807, 2.05) is 6.92 Å². The summed E-state index contributed by atoms with van der Waals surface area (Å²) in [5, 5.41) is 18.3. The highest BCUT2D eigenvalue weighted by molar-refractivity contribution is 8.01. The van der Waals surface area contributed by atoms with E-state index in [2.05, 4.69) is 6.58 Å². The topological polar surface area (TPSA) is 40.5 Å². The van der Waals surface area contributed by atoms with Gasteiger partial charge in [0.1, 0.15) is 0 Å². The molecule has 0 spiro atoms. The van der Waals surface area contributed by atoms with Crippen LogP contribution < -0.4 is 0 Å². The van der Waals surface area contributed by atoms with Crippen molar-refractivity contribution in [2.24, 2.45) is 0 Å². The Morgan fingerprint density at radius 2 is 2.30 bits per heavy atom. The van der Waals surface area contributed by atoms with Crippen LogP contribution in [0, 0.1) is 0 Å². The van der Waals surface area contributed by atoms with Gasteiger partial charge in [-0.1, -0.05) is 6.58 Å². The van der Waals surface area contributed by atoms with Crippen LogP contribution in [0.2, 0.25) is 0 Å².